The normalized spacial score (nSPS) is 9.39. The Morgan fingerprint density at radius 3 is 1.87 bits per heavy atom. The quantitative estimate of drug-likeness (QED) is 0.481. The first kappa shape index (κ1) is 17.3. The number of hydrogen-bond acceptors (Lipinski definition) is 6. The molecule has 0 amide bonds. The molecule has 0 saturated heterocycles. The summed E-state index contributed by atoms with van der Waals surface area (Å²) < 4.78 is 0. The summed E-state index contributed by atoms with van der Waals surface area (Å²) in [4.78, 5) is 49.9. The maximum atomic E-state index is 10.8. The highest BCUT2D eigenvalue weighted by molar-refractivity contribution is 6.27. The smallest absolute Gasteiger partial charge is 0.414 e. The average molecular weight is 323 g/mol. The summed E-state index contributed by atoms with van der Waals surface area (Å²) in [6.45, 7) is 0. The predicted octanol–water partition coefficient (Wildman–Crippen LogP) is 0.0237. The number of carbonyl (C=O) groups is 4. The van der Waals surface area contributed by atoms with Crippen LogP contribution in [-0.4, -0.2) is 59.3 Å². The lowest BCUT2D eigenvalue weighted by molar-refractivity contribution is -0.159. The first-order valence-corrected chi connectivity index (χ1v) is 5.68. The van der Waals surface area contributed by atoms with E-state index in [1.807, 2.05) is 0 Å². The molecule has 0 unspecified atom stereocenters. The van der Waals surface area contributed by atoms with Gasteiger partial charge in [-0.15, -0.1) is 0 Å². The summed E-state index contributed by atoms with van der Waals surface area (Å²) in [7, 11) is 0. The molecule has 11 nitrogen and oxygen atoms in total. The van der Waals surface area contributed by atoms with E-state index in [1.54, 1.807) is 18.2 Å². The van der Waals surface area contributed by atoms with Crippen LogP contribution >= 0.6 is 0 Å². The molecule has 11 heteroatoms. The van der Waals surface area contributed by atoms with Crippen molar-refractivity contribution in [2.45, 2.75) is 0 Å². The Morgan fingerprint density at radius 2 is 1.52 bits per heavy atom. The van der Waals surface area contributed by atoms with Crippen LogP contribution < -0.4 is 0 Å². The predicted molar refractivity (Wildman–Crippen MR) is 71.0 cm³/mol. The van der Waals surface area contributed by atoms with Gasteiger partial charge in [-0.05, 0) is 12.1 Å². The molecule has 2 aromatic rings. The third-order valence-corrected chi connectivity index (χ3v) is 2.21. The van der Waals surface area contributed by atoms with Gasteiger partial charge < -0.3 is 25.4 Å². The van der Waals surface area contributed by atoms with E-state index in [4.69, 9.17) is 30.0 Å². The fourth-order valence-electron chi connectivity index (χ4n) is 1.31. The van der Waals surface area contributed by atoms with Crippen molar-refractivity contribution < 1.29 is 39.6 Å². The Balaban J connectivity index is 0.000000379. The molecule has 0 aliphatic rings. The molecule has 0 bridgehead atoms. The number of aromatic nitrogens is 3. The van der Waals surface area contributed by atoms with Crippen LogP contribution in [0, 0.1) is 0 Å². The number of imidazole rings is 1. The van der Waals surface area contributed by atoms with Crippen molar-refractivity contribution in [3.05, 3.63) is 35.8 Å². The number of aliphatic carboxylic acids is 2. The molecule has 0 aliphatic heterocycles. The monoisotopic (exact) mass is 323 g/mol. The highest BCUT2D eigenvalue weighted by Crippen LogP contribution is 2.15. The Hall–Kier alpha value is -3.76. The summed E-state index contributed by atoms with van der Waals surface area (Å²) in [6.07, 6.45) is 1.50. The summed E-state index contributed by atoms with van der Waals surface area (Å²) >= 11 is 0. The second-order valence-corrected chi connectivity index (χ2v) is 3.74. The molecule has 0 aromatic carbocycles. The molecule has 0 atom stereocenters. The molecule has 2 heterocycles. The lowest BCUT2D eigenvalue weighted by Gasteiger charge is -1.92. The van der Waals surface area contributed by atoms with Gasteiger partial charge in [-0.1, -0.05) is 6.07 Å². The molecular weight excluding hydrogens is 314 g/mol. The van der Waals surface area contributed by atoms with Gasteiger partial charge in [0.2, 0.25) is 0 Å². The van der Waals surface area contributed by atoms with E-state index in [9.17, 15) is 9.59 Å². The van der Waals surface area contributed by atoms with Crippen LogP contribution in [0.15, 0.2) is 24.4 Å². The minimum absolute atomic E-state index is 0.111. The SMILES string of the molecule is O=C(O)C(=O)O.O=C(O)c1nc(-c2ccccn2)[nH]c1C(=O)O. The van der Waals surface area contributed by atoms with Crippen LogP contribution in [-0.2, 0) is 9.59 Å². The number of hydrogen-bond donors (Lipinski definition) is 5. The van der Waals surface area contributed by atoms with Crippen molar-refractivity contribution in [2.75, 3.05) is 0 Å². The minimum Gasteiger partial charge on any atom is -0.477 e. The highest BCUT2D eigenvalue weighted by Gasteiger charge is 2.22. The second kappa shape index (κ2) is 7.31. The number of rotatable bonds is 3. The van der Waals surface area contributed by atoms with Crippen LogP contribution in [0.25, 0.3) is 11.5 Å². The minimum atomic E-state index is -1.82. The molecule has 5 N–H and O–H groups in total. The third kappa shape index (κ3) is 4.63. The molecule has 0 saturated carbocycles. The van der Waals surface area contributed by atoms with Crippen LogP contribution in [0.4, 0.5) is 0 Å². The van der Waals surface area contributed by atoms with Crippen molar-refractivity contribution in [2.24, 2.45) is 0 Å². The van der Waals surface area contributed by atoms with Gasteiger partial charge in [0, 0.05) is 6.20 Å². The van der Waals surface area contributed by atoms with E-state index in [2.05, 4.69) is 15.0 Å². The number of aromatic amines is 1. The maximum Gasteiger partial charge on any atom is 0.414 e. The Morgan fingerprint density at radius 1 is 0.913 bits per heavy atom. The third-order valence-electron chi connectivity index (χ3n) is 2.21. The molecule has 0 fully saturated rings. The van der Waals surface area contributed by atoms with Crippen LogP contribution in [0.1, 0.15) is 21.0 Å². The summed E-state index contributed by atoms with van der Waals surface area (Å²) in [5.41, 5.74) is -0.612. The van der Waals surface area contributed by atoms with Crippen molar-refractivity contribution in [1.29, 1.82) is 0 Å². The van der Waals surface area contributed by atoms with Crippen LogP contribution in [0.2, 0.25) is 0 Å². The van der Waals surface area contributed by atoms with E-state index < -0.39 is 35.3 Å². The van der Waals surface area contributed by atoms with Crippen molar-refractivity contribution in [3.8, 4) is 11.5 Å². The zero-order valence-corrected chi connectivity index (χ0v) is 11.1. The van der Waals surface area contributed by atoms with Gasteiger partial charge in [0.05, 0.1) is 0 Å². The fourth-order valence-corrected chi connectivity index (χ4v) is 1.31. The van der Waals surface area contributed by atoms with Gasteiger partial charge in [-0.2, -0.15) is 0 Å². The number of nitrogens with zero attached hydrogens (tertiary/aromatic N) is 2. The standard InChI is InChI=1S/C10H7N3O4.C2H2O4/c14-9(15)6-7(10(16)17)13-8(12-6)5-3-1-2-4-11-5;3-1(4)2(5)6/h1-4H,(H,12,13)(H,14,15)(H,16,17);(H,3,4)(H,5,6). The molecule has 0 radical (unpaired) electrons. The molecule has 23 heavy (non-hydrogen) atoms. The highest BCUT2D eigenvalue weighted by atomic mass is 16.4. The number of aromatic carboxylic acids is 2. The molecule has 2 aromatic heterocycles. The lowest BCUT2D eigenvalue weighted by atomic mass is 10.3. The Labute approximate surface area is 126 Å². The summed E-state index contributed by atoms with van der Waals surface area (Å²) in [5.74, 6) is -6.32. The van der Waals surface area contributed by atoms with E-state index in [-0.39, 0.29) is 5.82 Å². The number of H-pyrrole nitrogens is 1. The first-order valence-electron chi connectivity index (χ1n) is 5.68. The van der Waals surface area contributed by atoms with E-state index >= 15 is 0 Å². The van der Waals surface area contributed by atoms with Crippen molar-refractivity contribution in [3.63, 3.8) is 0 Å². The maximum absolute atomic E-state index is 10.8. The molecule has 0 aliphatic carbocycles. The molecule has 2 rings (SSSR count). The second-order valence-electron chi connectivity index (χ2n) is 3.74. The van der Waals surface area contributed by atoms with Gasteiger partial charge in [0.1, 0.15) is 5.69 Å². The van der Waals surface area contributed by atoms with Crippen molar-refractivity contribution in [1.82, 2.24) is 15.0 Å². The summed E-state index contributed by atoms with van der Waals surface area (Å²) in [6, 6.07) is 4.96. The lowest BCUT2D eigenvalue weighted by Crippen LogP contribution is -2.09. The fraction of sp³-hybridized carbons (Fsp3) is 0. The first-order chi connectivity index (χ1) is 10.7. The zero-order valence-electron chi connectivity index (χ0n) is 11.1. The van der Waals surface area contributed by atoms with Gasteiger partial charge in [-0.3, -0.25) is 4.98 Å². The van der Waals surface area contributed by atoms with Crippen LogP contribution in [0.5, 0.6) is 0 Å². The molecule has 120 valence electrons. The van der Waals surface area contributed by atoms with Gasteiger partial charge in [0.25, 0.3) is 0 Å². The molecule has 0 spiro atoms. The topological polar surface area (TPSA) is 191 Å². The van der Waals surface area contributed by atoms with Gasteiger partial charge in [0.15, 0.2) is 17.2 Å². The largest absolute Gasteiger partial charge is 0.477 e. The Bertz CT molecular complexity index is 709. The van der Waals surface area contributed by atoms with Gasteiger partial charge >= 0.3 is 23.9 Å². The Kier molecular flexibility index (Phi) is 5.49. The number of pyridine rings is 1. The van der Waals surface area contributed by atoms with E-state index in [0.29, 0.717) is 5.69 Å². The number of carboxylic acid groups (broad SMARTS) is 4. The van der Waals surface area contributed by atoms with E-state index in [0.717, 1.165) is 0 Å². The van der Waals surface area contributed by atoms with Crippen molar-refractivity contribution >= 4 is 23.9 Å². The van der Waals surface area contributed by atoms with E-state index in [1.165, 1.54) is 6.20 Å². The number of carboxylic acids is 4. The zero-order chi connectivity index (χ0) is 17.6. The molecular formula is C12H9N3O8. The number of nitrogens with one attached hydrogen (secondary N) is 1. The average Bonchev–Trinajstić information content (AvgIpc) is 2.94. The van der Waals surface area contributed by atoms with Gasteiger partial charge in [-0.25, -0.2) is 24.2 Å². The van der Waals surface area contributed by atoms with Crippen LogP contribution in [0.3, 0.4) is 0 Å². The summed E-state index contributed by atoms with van der Waals surface area (Å²) in [5, 5.41) is 32.4.